The van der Waals surface area contributed by atoms with Gasteiger partial charge in [0.1, 0.15) is 23.7 Å². The van der Waals surface area contributed by atoms with Gasteiger partial charge in [-0.3, -0.25) is 14.6 Å². The third-order valence-corrected chi connectivity index (χ3v) is 6.23. The van der Waals surface area contributed by atoms with Gasteiger partial charge in [0.15, 0.2) is 0 Å². The lowest BCUT2D eigenvalue weighted by Crippen LogP contribution is -2.49. The summed E-state index contributed by atoms with van der Waals surface area (Å²) in [5.41, 5.74) is 8.78. The molecule has 0 aromatic carbocycles. The van der Waals surface area contributed by atoms with Crippen molar-refractivity contribution in [3.8, 4) is 0 Å². The van der Waals surface area contributed by atoms with E-state index in [-0.39, 0.29) is 17.7 Å². The number of anilines is 1. The highest BCUT2D eigenvalue weighted by molar-refractivity contribution is 6.12. The van der Waals surface area contributed by atoms with Crippen molar-refractivity contribution in [2.24, 2.45) is 22.6 Å². The first kappa shape index (κ1) is 24.2. The summed E-state index contributed by atoms with van der Waals surface area (Å²) in [6, 6.07) is 2.86. The third kappa shape index (κ3) is 5.85. The van der Waals surface area contributed by atoms with E-state index >= 15 is 0 Å². The smallest absolute Gasteiger partial charge is 0.257 e. The molecule has 1 fully saturated rings. The number of carbonyl (C=O) groups is 2. The van der Waals surface area contributed by atoms with E-state index in [9.17, 15) is 9.59 Å². The Kier molecular flexibility index (Phi) is 7.97. The standard InChI is InChI=1S/C24H32N6O3/c1-14-5-7-17(8-6-14)22(29-23(31)19-13-33-30-16(19)3)24(32)28-20-10-9-18(12-27-20)21(26-4)15(2)11-25/h9-14,17,22H,5-8,25H2,1-4H3,(H,29,31)(H,27,28,32)/t14?,17?,22-/m0/s1. The fraction of sp³-hybridized carbons (Fsp3) is 0.458. The van der Waals surface area contributed by atoms with E-state index in [4.69, 9.17) is 10.3 Å². The molecule has 2 aromatic rings. The lowest BCUT2D eigenvalue weighted by atomic mass is 9.79. The number of nitrogens with two attached hydrogens (primary N) is 1. The maximum atomic E-state index is 13.3. The van der Waals surface area contributed by atoms with E-state index in [1.807, 2.05) is 13.0 Å². The molecule has 3 rings (SSSR count). The second-order valence-electron chi connectivity index (χ2n) is 8.63. The number of nitrogens with one attached hydrogen (secondary N) is 2. The van der Waals surface area contributed by atoms with E-state index in [0.717, 1.165) is 42.5 Å². The highest BCUT2D eigenvalue weighted by atomic mass is 16.5. The molecule has 2 amide bonds. The summed E-state index contributed by atoms with van der Waals surface area (Å²) in [5, 5.41) is 9.53. The zero-order chi connectivity index (χ0) is 24.0. The fourth-order valence-corrected chi connectivity index (χ4v) is 4.17. The number of aryl methyl sites for hydroxylation is 1. The molecule has 1 atom stereocenters. The Hall–Kier alpha value is -3.49. The Balaban J connectivity index is 1.77. The first-order valence-electron chi connectivity index (χ1n) is 11.2. The molecule has 1 aliphatic carbocycles. The quantitative estimate of drug-likeness (QED) is 0.552. The Bertz CT molecular complexity index is 1030. The zero-order valence-corrected chi connectivity index (χ0v) is 19.6. The van der Waals surface area contributed by atoms with Crippen LogP contribution in [0.1, 0.15) is 61.1 Å². The molecule has 0 spiro atoms. The molecule has 9 nitrogen and oxygen atoms in total. The number of pyridine rings is 1. The van der Waals surface area contributed by atoms with Crippen molar-refractivity contribution in [1.29, 1.82) is 0 Å². The molecule has 9 heteroatoms. The topological polar surface area (TPSA) is 136 Å². The number of amides is 2. The number of hydrogen-bond acceptors (Lipinski definition) is 7. The predicted octanol–water partition coefficient (Wildman–Crippen LogP) is 3.22. The van der Waals surface area contributed by atoms with E-state index in [1.165, 1.54) is 12.5 Å². The number of aliphatic imine (C=N–C) groups is 1. The number of rotatable bonds is 7. The van der Waals surface area contributed by atoms with Crippen molar-refractivity contribution in [2.75, 3.05) is 12.4 Å². The minimum Gasteiger partial charge on any atom is -0.404 e. The lowest BCUT2D eigenvalue weighted by molar-refractivity contribution is -0.119. The van der Waals surface area contributed by atoms with E-state index in [1.54, 1.807) is 26.2 Å². The van der Waals surface area contributed by atoms with Crippen molar-refractivity contribution in [3.63, 3.8) is 0 Å². The van der Waals surface area contributed by atoms with E-state index in [2.05, 4.69) is 32.7 Å². The van der Waals surface area contributed by atoms with Crippen molar-refractivity contribution < 1.29 is 14.1 Å². The number of aromatic nitrogens is 2. The molecular formula is C24H32N6O3. The average Bonchev–Trinajstić information content (AvgIpc) is 3.25. The number of allylic oxidation sites excluding steroid dienone is 1. The van der Waals surface area contributed by atoms with Gasteiger partial charge in [0, 0.05) is 18.8 Å². The molecule has 1 saturated carbocycles. The van der Waals surface area contributed by atoms with E-state index < -0.39 is 6.04 Å². The van der Waals surface area contributed by atoms with Gasteiger partial charge in [0.05, 0.1) is 11.4 Å². The molecule has 0 saturated heterocycles. The maximum Gasteiger partial charge on any atom is 0.257 e. The Labute approximate surface area is 193 Å². The Morgan fingerprint density at radius 1 is 1.27 bits per heavy atom. The highest BCUT2D eigenvalue weighted by Gasteiger charge is 2.33. The van der Waals surface area contributed by atoms with Crippen LogP contribution in [0.25, 0.3) is 0 Å². The Morgan fingerprint density at radius 2 is 2.00 bits per heavy atom. The van der Waals surface area contributed by atoms with Gasteiger partial charge < -0.3 is 20.9 Å². The summed E-state index contributed by atoms with van der Waals surface area (Å²) in [7, 11) is 1.69. The molecule has 1 aliphatic rings. The summed E-state index contributed by atoms with van der Waals surface area (Å²) in [6.45, 7) is 5.77. The van der Waals surface area contributed by atoms with Crippen LogP contribution < -0.4 is 16.4 Å². The van der Waals surface area contributed by atoms with Gasteiger partial charge in [-0.2, -0.15) is 0 Å². The van der Waals surface area contributed by atoms with Gasteiger partial charge >= 0.3 is 0 Å². The molecule has 2 aromatic heterocycles. The first-order chi connectivity index (χ1) is 15.8. The first-order valence-corrected chi connectivity index (χ1v) is 11.2. The van der Waals surface area contributed by atoms with Crippen LogP contribution in [0, 0.1) is 18.8 Å². The normalized spacial score (nSPS) is 20.2. The third-order valence-electron chi connectivity index (χ3n) is 6.23. The molecule has 176 valence electrons. The zero-order valence-electron chi connectivity index (χ0n) is 19.6. The molecule has 0 aliphatic heterocycles. The summed E-state index contributed by atoms with van der Waals surface area (Å²) in [4.78, 5) is 34.7. The molecular weight excluding hydrogens is 420 g/mol. The second kappa shape index (κ2) is 10.9. The number of hydrogen-bond donors (Lipinski definition) is 3. The molecule has 33 heavy (non-hydrogen) atoms. The molecule has 0 unspecified atom stereocenters. The lowest BCUT2D eigenvalue weighted by Gasteiger charge is -2.32. The van der Waals surface area contributed by atoms with Crippen LogP contribution in [0.4, 0.5) is 5.82 Å². The van der Waals surface area contributed by atoms with Gasteiger partial charge in [-0.25, -0.2) is 4.98 Å². The van der Waals surface area contributed by atoms with Gasteiger partial charge in [-0.1, -0.05) is 24.9 Å². The van der Waals surface area contributed by atoms with Crippen LogP contribution in [0.3, 0.4) is 0 Å². The highest BCUT2D eigenvalue weighted by Crippen LogP contribution is 2.31. The molecule has 0 radical (unpaired) electrons. The summed E-state index contributed by atoms with van der Waals surface area (Å²) < 4.78 is 4.89. The number of carbonyl (C=O) groups excluding carboxylic acids is 2. The van der Waals surface area contributed by atoms with Crippen molar-refractivity contribution in [2.45, 2.75) is 52.5 Å². The average molecular weight is 453 g/mol. The van der Waals surface area contributed by atoms with Crippen LogP contribution in [0.5, 0.6) is 0 Å². The summed E-state index contributed by atoms with van der Waals surface area (Å²) in [5.74, 6) is 0.401. The largest absolute Gasteiger partial charge is 0.404 e. The van der Waals surface area contributed by atoms with Crippen LogP contribution in [0.15, 0.2) is 45.9 Å². The predicted molar refractivity (Wildman–Crippen MR) is 127 cm³/mol. The second-order valence-corrected chi connectivity index (χ2v) is 8.63. The van der Waals surface area contributed by atoms with Gasteiger partial charge in [0.2, 0.25) is 5.91 Å². The van der Waals surface area contributed by atoms with Gasteiger partial charge in [-0.15, -0.1) is 0 Å². The van der Waals surface area contributed by atoms with Crippen LogP contribution in [-0.2, 0) is 4.79 Å². The monoisotopic (exact) mass is 452 g/mol. The minimum atomic E-state index is -0.684. The van der Waals surface area contributed by atoms with Crippen molar-refractivity contribution in [3.05, 3.63) is 53.2 Å². The van der Waals surface area contributed by atoms with Crippen LogP contribution >= 0.6 is 0 Å². The van der Waals surface area contributed by atoms with Gasteiger partial charge in [-0.05, 0) is 62.4 Å². The molecule has 4 N–H and O–H groups in total. The van der Waals surface area contributed by atoms with Gasteiger partial charge in [0.25, 0.3) is 5.91 Å². The van der Waals surface area contributed by atoms with Crippen molar-refractivity contribution in [1.82, 2.24) is 15.5 Å². The molecule has 2 heterocycles. The van der Waals surface area contributed by atoms with Crippen LogP contribution in [-0.4, -0.2) is 40.8 Å². The van der Waals surface area contributed by atoms with E-state index in [0.29, 0.717) is 23.0 Å². The fourth-order valence-electron chi connectivity index (χ4n) is 4.17. The SMILES string of the molecule is CN=C(C(C)=CN)c1ccc(NC(=O)[C@@H](NC(=O)c2conc2C)C2CCC(C)CC2)nc1. The molecule has 0 bridgehead atoms. The Morgan fingerprint density at radius 3 is 2.55 bits per heavy atom. The summed E-state index contributed by atoms with van der Waals surface area (Å²) >= 11 is 0. The number of nitrogens with zero attached hydrogens (tertiary/aromatic N) is 3. The maximum absolute atomic E-state index is 13.3. The van der Waals surface area contributed by atoms with Crippen LogP contribution in [0.2, 0.25) is 0 Å². The van der Waals surface area contributed by atoms with Crippen molar-refractivity contribution >= 4 is 23.3 Å². The minimum absolute atomic E-state index is 0.0424. The summed E-state index contributed by atoms with van der Waals surface area (Å²) in [6.07, 6.45) is 8.22.